The number of nitrogens with one attached hydrogen (secondary N) is 1. The highest BCUT2D eigenvalue weighted by atomic mass is 35.5. The second-order valence-corrected chi connectivity index (χ2v) is 2.44. The second-order valence-electron chi connectivity index (χ2n) is 2.44. The van der Waals surface area contributed by atoms with Gasteiger partial charge < -0.3 is 4.98 Å². The summed E-state index contributed by atoms with van der Waals surface area (Å²) in [5, 5.41) is 0. The maximum atomic E-state index is 11.2. The van der Waals surface area contributed by atoms with Crippen molar-refractivity contribution in [1.29, 1.82) is 0 Å². The molecule has 4 nitrogen and oxygen atoms in total. The number of aryl methyl sites for hydroxylation is 1. The number of hydrogen-bond donors (Lipinski definition) is 1. The Hall–Kier alpha value is -1.29. The topological polar surface area (TPSA) is 50.2 Å². The Bertz CT molecular complexity index is 445. The molecule has 0 radical (unpaired) electrons. The van der Waals surface area contributed by atoms with Crippen molar-refractivity contribution in [2.24, 2.45) is 0 Å². The fourth-order valence-corrected chi connectivity index (χ4v) is 1.06. The van der Waals surface area contributed by atoms with Gasteiger partial charge in [-0.05, 0) is 6.92 Å². The fourth-order valence-electron chi connectivity index (χ4n) is 1.06. The van der Waals surface area contributed by atoms with Gasteiger partial charge in [0.1, 0.15) is 12.0 Å². The lowest BCUT2D eigenvalue weighted by atomic mass is 10.4. The van der Waals surface area contributed by atoms with Crippen LogP contribution in [0.15, 0.2) is 23.4 Å². The zero-order chi connectivity index (χ0) is 7.84. The highest BCUT2D eigenvalue weighted by Crippen LogP contribution is 1.94. The Labute approximate surface area is 74.7 Å². The number of nitrogens with zero attached hydrogens (tertiary/aromatic N) is 2. The normalized spacial score (nSPS) is 9.75. The summed E-state index contributed by atoms with van der Waals surface area (Å²) in [5.41, 5.74) is 1.53. The predicted octanol–water partition coefficient (Wildman–Crippen LogP) is 0.753. The summed E-state index contributed by atoms with van der Waals surface area (Å²) in [6.45, 7) is 1.84. The first-order valence-corrected chi connectivity index (χ1v) is 3.29. The van der Waals surface area contributed by atoms with E-state index in [0.717, 1.165) is 11.3 Å². The zero-order valence-electron chi connectivity index (χ0n) is 6.44. The highest BCUT2D eigenvalue weighted by Gasteiger charge is 1.96. The average Bonchev–Trinajstić information content (AvgIpc) is 2.34. The summed E-state index contributed by atoms with van der Waals surface area (Å²) in [6, 6.07) is 1.54. The molecule has 0 aliphatic rings. The Morgan fingerprint density at radius 3 is 3.08 bits per heavy atom. The summed E-state index contributed by atoms with van der Waals surface area (Å²) in [4.78, 5) is 18.0. The van der Waals surface area contributed by atoms with E-state index in [1.54, 1.807) is 6.20 Å². The summed E-state index contributed by atoms with van der Waals surface area (Å²) < 4.78 is 1.47. The van der Waals surface area contributed by atoms with E-state index in [9.17, 15) is 4.79 Å². The van der Waals surface area contributed by atoms with E-state index in [2.05, 4.69) is 9.97 Å². The molecule has 0 saturated heterocycles. The van der Waals surface area contributed by atoms with E-state index < -0.39 is 0 Å². The molecular weight excluding hydrogens is 178 g/mol. The van der Waals surface area contributed by atoms with Crippen LogP contribution in [0.25, 0.3) is 5.65 Å². The van der Waals surface area contributed by atoms with E-state index in [1.807, 2.05) is 6.92 Å². The van der Waals surface area contributed by atoms with Crippen LogP contribution in [0.4, 0.5) is 0 Å². The molecule has 0 unspecified atom stereocenters. The molecule has 0 spiro atoms. The third kappa shape index (κ3) is 1.21. The molecule has 1 N–H and O–H groups in total. The van der Waals surface area contributed by atoms with Crippen LogP contribution < -0.4 is 5.56 Å². The number of aromatic nitrogens is 3. The molecule has 0 atom stereocenters. The van der Waals surface area contributed by atoms with E-state index >= 15 is 0 Å². The van der Waals surface area contributed by atoms with Crippen molar-refractivity contribution in [2.75, 3.05) is 0 Å². The summed E-state index contributed by atoms with van der Waals surface area (Å²) in [5.74, 6) is 0. The van der Waals surface area contributed by atoms with E-state index in [4.69, 9.17) is 0 Å². The maximum Gasteiger partial charge on any atom is 0.259 e. The van der Waals surface area contributed by atoms with Crippen molar-refractivity contribution in [3.8, 4) is 0 Å². The van der Waals surface area contributed by atoms with Crippen LogP contribution in [0.3, 0.4) is 0 Å². The number of fused-ring (bicyclic) bond motifs is 1. The predicted molar refractivity (Wildman–Crippen MR) is 47.8 cm³/mol. The molecule has 2 heterocycles. The summed E-state index contributed by atoms with van der Waals surface area (Å²) in [6.07, 6.45) is 3.11. The third-order valence-corrected chi connectivity index (χ3v) is 1.54. The van der Waals surface area contributed by atoms with Crippen molar-refractivity contribution < 1.29 is 0 Å². The summed E-state index contributed by atoms with van der Waals surface area (Å²) >= 11 is 0. The highest BCUT2D eigenvalue weighted by molar-refractivity contribution is 5.85. The number of rotatable bonds is 0. The molecule has 12 heavy (non-hydrogen) atoms. The van der Waals surface area contributed by atoms with Crippen LogP contribution in [0, 0.1) is 6.92 Å². The van der Waals surface area contributed by atoms with Gasteiger partial charge in [0.25, 0.3) is 5.56 Å². The van der Waals surface area contributed by atoms with Crippen molar-refractivity contribution in [3.05, 3.63) is 34.6 Å². The zero-order valence-corrected chi connectivity index (χ0v) is 7.26. The van der Waals surface area contributed by atoms with E-state index in [0.29, 0.717) is 0 Å². The molecule has 0 aliphatic carbocycles. The van der Waals surface area contributed by atoms with Gasteiger partial charge in [0.2, 0.25) is 0 Å². The molecule has 0 bridgehead atoms. The molecule has 0 amide bonds. The fraction of sp³-hybridized carbons (Fsp3) is 0.143. The molecule has 0 aliphatic heterocycles. The number of halogens is 1. The minimum Gasteiger partial charge on any atom is -0.344 e. The van der Waals surface area contributed by atoms with Crippen molar-refractivity contribution in [2.45, 2.75) is 6.92 Å². The van der Waals surface area contributed by atoms with Gasteiger partial charge in [-0.2, -0.15) is 0 Å². The molecule has 0 saturated carbocycles. The van der Waals surface area contributed by atoms with Crippen LogP contribution in [0.1, 0.15) is 5.69 Å². The first-order valence-electron chi connectivity index (χ1n) is 3.29. The molecule has 0 fully saturated rings. The number of imidazole rings is 1. The lowest BCUT2D eigenvalue weighted by Gasteiger charge is -1.93. The first kappa shape index (κ1) is 8.80. The second kappa shape index (κ2) is 2.98. The molecule has 0 aromatic carbocycles. The van der Waals surface area contributed by atoms with Gasteiger partial charge in [-0.15, -0.1) is 12.4 Å². The van der Waals surface area contributed by atoms with Gasteiger partial charge in [-0.3, -0.25) is 9.20 Å². The lowest BCUT2D eigenvalue weighted by molar-refractivity contribution is 1.03. The SMILES string of the molecule is Cc1cc(=O)n2cncc2[nH]1.Cl. The van der Waals surface area contributed by atoms with Gasteiger partial charge in [-0.25, -0.2) is 4.98 Å². The Balaban J connectivity index is 0.000000720. The van der Waals surface area contributed by atoms with Crippen LogP contribution in [-0.4, -0.2) is 14.4 Å². The number of H-pyrrole nitrogens is 1. The Morgan fingerprint density at radius 2 is 2.33 bits per heavy atom. The minimum absolute atomic E-state index is 0. The lowest BCUT2D eigenvalue weighted by Crippen LogP contribution is -2.11. The van der Waals surface area contributed by atoms with Gasteiger partial charge in [0.15, 0.2) is 0 Å². The van der Waals surface area contributed by atoms with Crippen LogP contribution in [0.5, 0.6) is 0 Å². The molecule has 2 aromatic heterocycles. The standard InChI is InChI=1S/C7H7N3O.ClH/c1-5-2-7(11)10-4-8-3-6(10)9-5;/h2-4,9H,1H3;1H. The monoisotopic (exact) mass is 185 g/mol. The Kier molecular flexibility index (Phi) is 2.19. The minimum atomic E-state index is -0.0475. The van der Waals surface area contributed by atoms with E-state index in [-0.39, 0.29) is 18.0 Å². The quantitative estimate of drug-likeness (QED) is 0.659. The molecular formula is C7H8ClN3O. The smallest absolute Gasteiger partial charge is 0.259 e. The van der Waals surface area contributed by atoms with Crippen molar-refractivity contribution in [3.63, 3.8) is 0 Å². The van der Waals surface area contributed by atoms with E-state index in [1.165, 1.54) is 16.8 Å². The number of aromatic amines is 1. The maximum absolute atomic E-state index is 11.2. The van der Waals surface area contributed by atoms with Gasteiger partial charge >= 0.3 is 0 Å². The van der Waals surface area contributed by atoms with Gasteiger partial charge in [0.05, 0.1) is 6.20 Å². The number of hydrogen-bond acceptors (Lipinski definition) is 2. The molecule has 5 heteroatoms. The van der Waals surface area contributed by atoms with Gasteiger partial charge in [0, 0.05) is 11.8 Å². The summed E-state index contributed by atoms with van der Waals surface area (Å²) in [7, 11) is 0. The average molecular weight is 186 g/mol. The van der Waals surface area contributed by atoms with Crippen LogP contribution >= 0.6 is 12.4 Å². The van der Waals surface area contributed by atoms with Crippen LogP contribution in [0.2, 0.25) is 0 Å². The van der Waals surface area contributed by atoms with Crippen molar-refractivity contribution in [1.82, 2.24) is 14.4 Å². The molecule has 2 aromatic rings. The largest absolute Gasteiger partial charge is 0.344 e. The molecule has 64 valence electrons. The van der Waals surface area contributed by atoms with Crippen molar-refractivity contribution >= 4 is 18.1 Å². The molecule has 2 rings (SSSR count). The first-order chi connectivity index (χ1) is 5.27. The van der Waals surface area contributed by atoms with Crippen LogP contribution in [-0.2, 0) is 0 Å². The van der Waals surface area contributed by atoms with Gasteiger partial charge in [-0.1, -0.05) is 0 Å². The Morgan fingerprint density at radius 1 is 1.58 bits per heavy atom. The third-order valence-electron chi connectivity index (χ3n) is 1.54.